The number of hydrogen-bond acceptors (Lipinski definition) is 2. The summed E-state index contributed by atoms with van der Waals surface area (Å²) in [5.74, 6) is 2.35. The van der Waals surface area contributed by atoms with Crippen molar-refractivity contribution in [3.8, 4) is 0 Å². The van der Waals surface area contributed by atoms with Crippen molar-refractivity contribution in [1.82, 2.24) is 14.9 Å². The zero-order chi connectivity index (χ0) is 18.5. The molecular weight excluding hydrogens is 334 g/mol. The number of nitrogens with one attached hydrogen (secondary N) is 1. The summed E-state index contributed by atoms with van der Waals surface area (Å²) in [5.41, 5.74) is 1.32. The van der Waals surface area contributed by atoms with Crippen LogP contribution >= 0.6 is 0 Å². The van der Waals surface area contributed by atoms with E-state index in [0.717, 1.165) is 38.1 Å². The van der Waals surface area contributed by atoms with Crippen LogP contribution in [0.15, 0.2) is 6.20 Å². The highest BCUT2D eigenvalue weighted by Crippen LogP contribution is 2.36. The molecule has 1 aliphatic heterocycles. The lowest BCUT2D eigenvalue weighted by Gasteiger charge is -2.29. The third-order valence-corrected chi connectivity index (χ3v) is 7.22. The first-order valence-electron chi connectivity index (χ1n) is 11.7. The molecule has 4 heteroatoms. The van der Waals surface area contributed by atoms with Crippen LogP contribution in [0.25, 0.3) is 0 Å². The van der Waals surface area contributed by atoms with Crippen molar-refractivity contribution in [2.75, 3.05) is 6.54 Å². The molecule has 1 aromatic rings. The van der Waals surface area contributed by atoms with Crippen LogP contribution in [0.3, 0.4) is 0 Å². The number of carbonyl (C=O) groups is 1. The second-order valence-electron chi connectivity index (χ2n) is 9.14. The molecule has 1 N–H and O–H groups in total. The fourth-order valence-corrected chi connectivity index (χ4v) is 5.57. The van der Waals surface area contributed by atoms with Gasteiger partial charge in [0.25, 0.3) is 0 Å². The van der Waals surface area contributed by atoms with Crippen LogP contribution in [0, 0.1) is 5.92 Å². The maximum absolute atomic E-state index is 13.3. The monoisotopic (exact) mass is 371 g/mol. The van der Waals surface area contributed by atoms with Crippen LogP contribution in [0.2, 0.25) is 0 Å². The van der Waals surface area contributed by atoms with Gasteiger partial charge in [0, 0.05) is 30.3 Å². The minimum Gasteiger partial charge on any atom is -0.344 e. The molecule has 0 radical (unpaired) electrons. The average molecular weight is 372 g/mol. The van der Waals surface area contributed by atoms with E-state index in [9.17, 15) is 4.79 Å². The van der Waals surface area contributed by atoms with E-state index in [-0.39, 0.29) is 12.0 Å². The van der Waals surface area contributed by atoms with E-state index in [2.05, 4.69) is 16.1 Å². The van der Waals surface area contributed by atoms with E-state index in [4.69, 9.17) is 4.98 Å². The Bertz CT molecular complexity index is 595. The molecule has 1 saturated heterocycles. The third-order valence-electron chi connectivity index (χ3n) is 7.22. The molecule has 4 nitrogen and oxygen atoms in total. The topological polar surface area (TPSA) is 49.0 Å². The van der Waals surface area contributed by atoms with Gasteiger partial charge in [-0.2, -0.15) is 0 Å². The Morgan fingerprint density at radius 1 is 0.852 bits per heavy atom. The van der Waals surface area contributed by atoms with Gasteiger partial charge >= 0.3 is 0 Å². The van der Waals surface area contributed by atoms with Crippen LogP contribution in [0.4, 0.5) is 0 Å². The van der Waals surface area contributed by atoms with E-state index in [1.54, 1.807) is 0 Å². The summed E-state index contributed by atoms with van der Waals surface area (Å²) in [5, 5.41) is 0. The third kappa shape index (κ3) is 4.57. The van der Waals surface area contributed by atoms with Gasteiger partial charge < -0.3 is 9.88 Å². The zero-order valence-electron chi connectivity index (χ0n) is 16.9. The molecule has 150 valence electrons. The number of nitrogens with zero attached hydrogens (tertiary/aromatic N) is 2. The van der Waals surface area contributed by atoms with Gasteiger partial charge in [0.15, 0.2) is 0 Å². The van der Waals surface area contributed by atoms with Crippen LogP contribution in [-0.4, -0.2) is 27.3 Å². The van der Waals surface area contributed by atoms with Gasteiger partial charge in [0.2, 0.25) is 5.91 Å². The number of aromatic nitrogens is 2. The summed E-state index contributed by atoms with van der Waals surface area (Å²) in [6, 6.07) is 0.183. The molecule has 0 spiro atoms. The van der Waals surface area contributed by atoms with Gasteiger partial charge in [-0.1, -0.05) is 57.8 Å². The average Bonchev–Trinajstić information content (AvgIpc) is 3.24. The summed E-state index contributed by atoms with van der Waals surface area (Å²) in [7, 11) is 0. The first-order valence-corrected chi connectivity index (χ1v) is 11.7. The number of likely N-dealkylation sites (tertiary alicyclic amines) is 1. The summed E-state index contributed by atoms with van der Waals surface area (Å²) in [4.78, 5) is 23.9. The summed E-state index contributed by atoms with van der Waals surface area (Å²) >= 11 is 0. The summed E-state index contributed by atoms with van der Waals surface area (Å²) in [6.45, 7) is 0.916. The number of hydrogen-bond donors (Lipinski definition) is 1. The highest BCUT2D eigenvalue weighted by Gasteiger charge is 2.35. The first-order chi connectivity index (χ1) is 13.3. The molecule has 1 unspecified atom stereocenters. The van der Waals surface area contributed by atoms with Crippen molar-refractivity contribution in [2.24, 2.45) is 5.92 Å². The Kier molecular flexibility index (Phi) is 6.51. The normalized spacial score (nSPS) is 26.5. The van der Waals surface area contributed by atoms with E-state index in [1.165, 1.54) is 76.3 Å². The Balaban J connectivity index is 1.44. The maximum Gasteiger partial charge on any atom is 0.226 e. The number of carbonyl (C=O) groups excluding carboxylic acids is 1. The Labute approximate surface area is 164 Å². The van der Waals surface area contributed by atoms with Gasteiger partial charge in [-0.3, -0.25) is 4.79 Å². The predicted molar refractivity (Wildman–Crippen MR) is 109 cm³/mol. The molecule has 3 aliphatic rings. The SMILES string of the molecule is O=C(C1CCCCCCC1)N1CCCC1c1ncc(C2CCCCCC2)[nH]1. The van der Waals surface area contributed by atoms with Crippen LogP contribution in [0.1, 0.15) is 120 Å². The minimum atomic E-state index is 0.183. The second kappa shape index (κ2) is 9.25. The first kappa shape index (κ1) is 19.0. The van der Waals surface area contributed by atoms with Crippen molar-refractivity contribution >= 4 is 5.91 Å². The largest absolute Gasteiger partial charge is 0.344 e. The van der Waals surface area contributed by atoms with Crippen molar-refractivity contribution in [3.63, 3.8) is 0 Å². The fourth-order valence-electron chi connectivity index (χ4n) is 5.57. The highest BCUT2D eigenvalue weighted by molar-refractivity contribution is 5.79. The van der Waals surface area contributed by atoms with E-state index < -0.39 is 0 Å². The Hall–Kier alpha value is -1.32. The lowest BCUT2D eigenvalue weighted by Crippen LogP contribution is -2.36. The fraction of sp³-hybridized carbons (Fsp3) is 0.826. The predicted octanol–water partition coefficient (Wildman–Crippen LogP) is 5.87. The summed E-state index contributed by atoms with van der Waals surface area (Å²) < 4.78 is 0. The summed E-state index contributed by atoms with van der Waals surface area (Å²) in [6.07, 6.45) is 20.9. The molecule has 1 amide bonds. The zero-order valence-corrected chi connectivity index (χ0v) is 16.9. The highest BCUT2D eigenvalue weighted by atomic mass is 16.2. The molecule has 1 atom stereocenters. The Morgan fingerprint density at radius 3 is 2.19 bits per heavy atom. The van der Waals surface area contributed by atoms with Crippen molar-refractivity contribution < 1.29 is 4.79 Å². The van der Waals surface area contributed by atoms with Crippen LogP contribution in [-0.2, 0) is 4.79 Å². The Morgan fingerprint density at radius 2 is 1.48 bits per heavy atom. The molecule has 2 heterocycles. The standard InChI is InChI=1S/C23H37N3O/c27-23(19-13-8-2-1-3-9-14-19)26-16-10-15-21(26)22-24-17-20(25-22)18-11-6-4-5-7-12-18/h17-19,21H,1-16H2,(H,24,25). The van der Waals surface area contributed by atoms with Crippen molar-refractivity contribution in [1.29, 1.82) is 0 Å². The lowest BCUT2D eigenvalue weighted by molar-refractivity contribution is -0.137. The number of amides is 1. The van der Waals surface area contributed by atoms with Gasteiger partial charge in [-0.25, -0.2) is 4.98 Å². The van der Waals surface area contributed by atoms with Crippen molar-refractivity contribution in [3.05, 3.63) is 17.7 Å². The molecular formula is C23H37N3O. The molecule has 0 aromatic carbocycles. The van der Waals surface area contributed by atoms with Crippen molar-refractivity contribution in [2.45, 2.75) is 108 Å². The van der Waals surface area contributed by atoms with E-state index in [0.29, 0.717) is 11.8 Å². The lowest BCUT2D eigenvalue weighted by atomic mass is 9.90. The number of aromatic amines is 1. The number of imidazole rings is 1. The second-order valence-corrected chi connectivity index (χ2v) is 9.14. The molecule has 0 bridgehead atoms. The van der Waals surface area contributed by atoms with Gasteiger partial charge in [-0.15, -0.1) is 0 Å². The van der Waals surface area contributed by atoms with Gasteiger partial charge in [0.05, 0.1) is 6.04 Å². The molecule has 27 heavy (non-hydrogen) atoms. The van der Waals surface area contributed by atoms with Crippen LogP contribution in [0.5, 0.6) is 0 Å². The van der Waals surface area contributed by atoms with E-state index in [1.807, 2.05) is 0 Å². The smallest absolute Gasteiger partial charge is 0.226 e. The minimum absolute atomic E-state index is 0.183. The molecule has 3 fully saturated rings. The van der Waals surface area contributed by atoms with Gasteiger partial charge in [-0.05, 0) is 38.5 Å². The molecule has 2 saturated carbocycles. The van der Waals surface area contributed by atoms with Gasteiger partial charge in [0.1, 0.15) is 5.82 Å². The van der Waals surface area contributed by atoms with E-state index >= 15 is 0 Å². The molecule has 2 aliphatic carbocycles. The number of H-pyrrole nitrogens is 1. The molecule has 1 aromatic heterocycles. The maximum atomic E-state index is 13.3. The van der Waals surface area contributed by atoms with Crippen LogP contribution < -0.4 is 0 Å². The molecule has 4 rings (SSSR count). The number of rotatable bonds is 3. The quantitative estimate of drug-likeness (QED) is 0.675.